The van der Waals surface area contributed by atoms with E-state index in [1.807, 2.05) is 34.6 Å². The topological polar surface area (TPSA) is 179 Å². The number of nitrogens with zero attached hydrogens (tertiary/aromatic N) is 1. The molecule has 11 heteroatoms. The SMILES string of the molecule is CCC(C)C(NC(=O)C(CC(C)C)NC(=O)C(CC(C)C)NC(=O)C(N)Cc1cnc[nH]1)C(=O)O. The molecule has 1 rings (SSSR count). The van der Waals surface area contributed by atoms with E-state index in [0.717, 1.165) is 0 Å². The number of hydrogen-bond acceptors (Lipinski definition) is 6. The van der Waals surface area contributed by atoms with Crippen LogP contribution in [-0.2, 0) is 25.6 Å². The van der Waals surface area contributed by atoms with Crippen molar-refractivity contribution in [3.63, 3.8) is 0 Å². The van der Waals surface area contributed by atoms with Crippen molar-refractivity contribution in [1.82, 2.24) is 25.9 Å². The number of nitrogens with one attached hydrogen (secondary N) is 4. The highest BCUT2D eigenvalue weighted by atomic mass is 16.4. The minimum Gasteiger partial charge on any atom is -0.480 e. The highest BCUT2D eigenvalue weighted by molar-refractivity contribution is 5.94. The lowest BCUT2D eigenvalue weighted by Crippen LogP contribution is -2.58. The molecule has 3 amide bonds. The molecule has 0 saturated carbocycles. The molecular formula is C24H42N6O5. The molecule has 5 atom stereocenters. The molecule has 0 aliphatic rings. The third-order valence-electron chi connectivity index (χ3n) is 5.79. The van der Waals surface area contributed by atoms with Gasteiger partial charge >= 0.3 is 5.97 Å². The molecule has 1 aromatic heterocycles. The number of carboxylic acid groups (broad SMARTS) is 1. The van der Waals surface area contributed by atoms with Crippen molar-refractivity contribution in [3.8, 4) is 0 Å². The van der Waals surface area contributed by atoms with Gasteiger partial charge in [0.05, 0.1) is 12.4 Å². The Morgan fingerprint density at radius 2 is 1.46 bits per heavy atom. The zero-order valence-corrected chi connectivity index (χ0v) is 21.6. The summed E-state index contributed by atoms with van der Waals surface area (Å²) in [5.41, 5.74) is 6.71. The minimum atomic E-state index is -1.13. The van der Waals surface area contributed by atoms with Crippen LogP contribution in [0.25, 0.3) is 0 Å². The molecular weight excluding hydrogens is 452 g/mol. The van der Waals surface area contributed by atoms with Gasteiger partial charge in [0.1, 0.15) is 18.1 Å². The maximum atomic E-state index is 13.2. The first-order chi connectivity index (χ1) is 16.3. The van der Waals surface area contributed by atoms with E-state index < -0.39 is 47.9 Å². The Kier molecular flexibility index (Phi) is 12.4. The number of nitrogens with two attached hydrogens (primary N) is 1. The maximum Gasteiger partial charge on any atom is 0.326 e. The molecule has 1 aromatic rings. The first-order valence-electron chi connectivity index (χ1n) is 12.2. The average Bonchev–Trinajstić information content (AvgIpc) is 3.27. The third kappa shape index (κ3) is 10.5. The molecule has 0 aliphatic heterocycles. The van der Waals surface area contributed by atoms with E-state index in [2.05, 4.69) is 25.9 Å². The van der Waals surface area contributed by atoms with Crippen molar-refractivity contribution in [3.05, 3.63) is 18.2 Å². The maximum absolute atomic E-state index is 13.2. The van der Waals surface area contributed by atoms with Gasteiger partial charge in [-0.05, 0) is 30.6 Å². The zero-order chi connectivity index (χ0) is 26.7. The molecule has 0 spiro atoms. The summed E-state index contributed by atoms with van der Waals surface area (Å²) in [6.45, 7) is 11.2. The summed E-state index contributed by atoms with van der Waals surface area (Å²) in [7, 11) is 0. The van der Waals surface area contributed by atoms with E-state index >= 15 is 0 Å². The Balaban J connectivity index is 2.96. The number of rotatable bonds is 15. The fourth-order valence-electron chi connectivity index (χ4n) is 3.62. The lowest BCUT2D eigenvalue weighted by Gasteiger charge is -2.28. The second-order valence-corrected chi connectivity index (χ2v) is 9.98. The standard InChI is InChI=1S/C24H42N6O5/c1-7-15(6)20(24(34)35)30-23(33)19(9-14(4)5)29-22(32)18(8-13(2)3)28-21(31)17(25)10-16-11-26-12-27-16/h11-15,17-20H,7-10,25H2,1-6H3,(H,26,27)(H,28,31)(H,29,32)(H,30,33)(H,34,35). The Morgan fingerprint density at radius 1 is 0.943 bits per heavy atom. The Hall–Kier alpha value is -2.95. The molecule has 0 aromatic carbocycles. The van der Waals surface area contributed by atoms with Gasteiger partial charge in [-0.1, -0.05) is 48.0 Å². The van der Waals surface area contributed by atoms with Gasteiger partial charge in [-0.2, -0.15) is 0 Å². The summed E-state index contributed by atoms with van der Waals surface area (Å²) in [6, 6.07) is -3.80. The van der Waals surface area contributed by atoms with Crippen molar-refractivity contribution < 1.29 is 24.3 Å². The lowest BCUT2D eigenvalue weighted by molar-refractivity contribution is -0.144. The van der Waals surface area contributed by atoms with Crippen LogP contribution in [0.1, 0.15) is 66.5 Å². The van der Waals surface area contributed by atoms with Crippen LogP contribution in [-0.4, -0.2) is 62.9 Å². The van der Waals surface area contributed by atoms with Crippen molar-refractivity contribution in [2.45, 2.75) is 91.4 Å². The van der Waals surface area contributed by atoms with Gasteiger partial charge in [0.25, 0.3) is 0 Å². The third-order valence-corrected chi connectivity index (χ3v) is 5.79. The molecule has 0 aliphatic carbocycles. The summed E-state index contributed by atoms with van der Waals surface area (Å²) in [6.07, 6.45) is 4.52. The Labute approximate surface area is 207 Å². The number of H-pyrrole nitrogens is 1. The van der Waals surface area contributed by atoms with Gasteiger partial charge in [-0.25, -0.2) is 9.78 Å². The highest BCUT2D eigenvalue weighted by Crippen LogP contribution is 2.12. The summed E-state index contributed by atoms with van der Waals surface area (Å²) in [5, 5.41) is 17.5. The van der Waals surface area contributed by atoms with Gasteiger partial charge < -0.3 is 31.8 Å². The monoisotopic (exact) mass is 494 g/mol. The Morgan fingerprint density at radius 3 is 1.89 bits per heavy atom. The normalized spacial score (nSPS) is 15.7. The predicted molar refractivity (Wildman–Crippen MR) is 132 cm³/mol. The van der Waals surface area contributed by atoms with Gasteiger partial charge in [0.2, 0.25) is 17.7 Å². The van der Waals surface area contributed by atoms with E-state index in [4.69, 9.17) is 5.73 Å². The van der Waals surface area contributed by atoms with E-state index in [-0.39, 0.29) is 24.2 Å². The van der Waals surface area contributed by atoms with E-state index in [9.17, 15) is 24.3 Å². The molecule has 0 saturated heterocycles. The molecule has 5 unspecified atom stereocenters. The molecule has 7 N–H and O–H groups in total. The summed E-state index contributed by atoms with van der Waals surface area (Å²) < 4.78 is 0. The van der Waals surface area contributed by atoms with Gasteiger partial charge in [-0.15, -0.1) is 0 Å². The minimum absolute atomic E-state index is 0.0545. The number of aromatic amines is 1. The van der Waals surface area contributed by atoms with E-state index in [1.165, 1.54) is 6.33 Å². The molecule has 0 fully saturated rings. The van der Waals surface area contributed by atoms with Crippen LogP contribution in [0.15, 0.2) is 12.5 Å². The predicted octanol–water partition coefficient (Wildman–Crippen LogP) is 0.957. The zero-order valence-electron chi connectivity index (χ0n) is 21.6. The number of aliphatic carboxylic acids is 1. The van der Waals surface area contributed by atoms with Crippen molar-refractivity contribution in [2.24, 2.45) is 23.5 Å². The fraction of sp³-hybridized carbons (Fsp3) is 0.708. The fourth-order valence-corrected chi connectivity index (χ4v) is 3.62. The van der Waals surface area contributed by atoms with Crippen LogP contribution in [0.2, 0.25) is 0 Å². The molecule has 0 radical (unpaired) electrons. The number of aromatic nitrogens is 2. The van der Waals surface area contributed by atoms with Crippen LogP contribution in [0.3, 0.4) is 0 Å². The van der Waals surface area contributed by atoms with Crippen LogP contribution < -0.4 is 21.7 Å². The number of amides is 3. The van der Waals surface area contributed by atoms with Crippen molar-refractivity contribution in [1.29, 1.82) is 0 Å². The van der Waals surface area contributed by atoms with Crippen LogP contribution in [0, 0.1) is 17.8 Å². The summed E-state index contributed by atoms with van der Waals surface area (Å²) in [5.74, 6) is -2.85. The number of hydrogen-bond donors (Lipinski definition) is 6. The largest absolute Gasteiger partial charge is 0.480 e. The van der Waals surface area contributed by atoms with Crippen molar-refractivity contribution in [2.75, 3.05) is 0 Å². The van der Waals surface area contributed by atoms with Crippen molar-refractivity contribution >= 4 is 23.7 Å². The number of carbonyl (C=O) groups is 4. The first-order valence-corrected chi connectivity index (χ1v) is 12.2. The molecule has 1 heterocycles. The van der Waals surface area contributed by atoms with Crippen LogP contribution >= 0.6 is 0 Å². The second-order valence-electron chi connectivity index (χ2n) is 9.98. The molecule has 11 nitrogen and oxygen atoms in total. The first kappa shape index (κ1) is 30.1. The smallest absolute Gasteiger partial charge is 0.326 e. The van der Waals surface area contributed by atoms with Gasteiger partial charge in [0.15, 0.2) is 0 Å². The number of carbonyl (C=O) groups excluding carboxylic acids is 3. The van der Waals surface area contributed by atoms with Crippen LogP contribution in [0.4, 0.5) is 0 Å². The van der Waals surface area contributed by atoms with E-state index in [0.29, 0.717) is 25.0 Å². The van der Waals surface area contributed by atoms with Crippen LogP contribution in [0.5, 0.6) is 0 Å². The van der Waals surface area contributed by atoms with Gasteiger partial charge in [0, 0.05) is 18.3 Å². The molecule has 35 heavy (non-hydrogen) atoms. The number of carboxylic acids is 1. The molecule has 0 bridgehead atoms. The highest BCUT2D eigenvalue weighted by Gasteiger charge is 2.32. The van der Waals surface area contributed by atoms with Gasteiger partial charge in [-0.3, -0.25) is 14.4 Å². The average molecular weight is 495 g/mol. The number of imidazole rings is 1. The quantitative estimate of drug-likeness (QED) is 0.210. The summed E-state index contributed by atoms with van der Waals surface area (Å²) >= 11 is 0. The molecule has 198 valence electrons. The summed E-state index contributed by atoms with van der Waals surface area (Å²) in [4.78, 5) is 57.3. The van der Waals surface area contributed by atoms with E-state index in [1.54, 1.807) is 13.1 Å². The second kappa shape index (κ2) is 14.4. The Bertz CT molecular complexity index is 826. The lowest BCUT2D eigenvalue weighted by atomic mass is 9.97.